The third-order valence-corrected chi connectivity index (χ3v) is 8.55. The maximum atomic E-state index is 13.3. The molecule has 47 heavy (non-hydrogen) atoms. The number of benzene rings is 5. The molecule has 0 heterocycles. The van der Waals surface area contributed by atoms with Crippen LogP contribution in [0.15, 0.2) is 137 Å². The van der Waals surface area contributed by atoms with Gasteiger partial charge in [0.15, 0.2) is 0 Å². The molecule has 0 saturated heterocycles. The number of carbonyl (C=O) groups is 3. The number of urea groups is 2. The largest absolute Gasteiger partial charge is 0.417 e. The van der Waals surface area contributed by atoms with Crippen LogP contribution < -0.4 is 31.3 Å². The Morgan fingerprint density at radius 2 is 1.04 bits per heavy atom. The average molecular weight is 650 g/mol. The van der Waals surface area contributed by atoms with Gasteiger partial charge >= 0.3 is 18.2 Å². The second kappa shape index (κ2) is 14.8. The highest BCUT2D eigenvalue weighted by molar-refractivity contribution is 7.91. The van der Waals surface area contributed by atoms with Crippen molar-refractivity contribution in [1.82, 2.24) is 5.32 Å². The van der Waals surface area contributed by atoms with Crippen molar-refractivity contribution in [1.29, 1.82) is 0 Å². The predicted octanol–water partition coefficient (Wildman–Crippen LogP) is 7.12. The SMILES string of the molecule is CNC(=O)Nc1cccc(S(=O)(=O)c2cccc(NC(=O)Nc3ccc(Cc4ccc(NC(=O)Oc5ccccc5)cc4)cc3)c2)c1. The van der Waals surface area contributed by atoms with E-state index in [4.69, 9.17) is 4.74 Å². The summed E-state index contributed by atoms with van der Waals surface area (Å²) in [5, 5.41) is 13.1. The molecule has 0 bridgehead atoms. The Morgan fingerprint density at radius 3 is 1.57 bits per heavy atom. The summed E-state index contributed by atoms with van der Waals surface area (Å²) in [6, 6.07) is 34.3. The van der Waals surface area contributed by atoms with Gasteiger partial charge in [-0.2, -0.15) is 0 Å². The molecule has 5 rings (SSSR count). The molecule has 0 fully saturated rings. The van der Waals surface area contributed by atoms with Crippen LogP contribution in [0.2, 0.25) is 0 Å². The lowest BCUT2D eigenvalue weighted by Gasteiger charge is -2.11. The van der Waals surface area contributed by atoms with Crippen molar-refractivity contribution in [2.45, 2.75) is 16.2 Å². The number of hydrogen-bond donors (Lipinski definition) is 5. The van der Waals surface area contributed by atoms with Gasteiger partial charge in [0.25, 0.3) is 0 Å². The zero-order valence-electron chi connectivity index (χ0n) is 25.2. The number of amides is 5. The third-order valence-electron chi connectivity index (χ3n) is 6.81. The molecule has 0 aliphatic heterocycles. The molecule has 0 aromatic heterocycles. The highest BCUT2D eigenvalue weighted by Crippen LogP contribution is 2.26. The van der Waals surface area contributed by atoms with Crippen LogP contribution in [0.25, 0.3) is 0 Å². The molecule has 0 atom stereocenters. The zero-order valence-corrected chi connectivity index (χ0v) is 26.0. The Morgan fingerprint density at radius 1 is 0.553 bits per heavy atom. The normalized spacial score (nSPS) is 10.7. The highest BCUT2D eigenvalue weighted by atomic mass is 32.2. The minimum absolute atomic E-state index is 0.00996. The molecule has 5 aromatic rings. The van der Waals surface area contributed by atoms with Crippen LogP contribution in [-0.4, -0.2) is 33.6 Å². The van der Waals surface area contributed by atoms with Gasteiger partial charge in [0.05, 0.1) is 9.79 Å². The van der Waals surface area contributed by atoms with Crippen LogP contribution >= 0.6 is 0 Å². The minimum atomic E-state index is -3.94. The maximum Gasteiger partial charge on any atom is 0.417 e. The lowest BCUT2D eigenvalue weighted by atomic mass is 10.0. The lowest BCUT2D eigenvalue weighted by Crippen LogP contribution is -2.24. The molecule has 5 aromatic carbocycles. The van der Waals surface area contributed by atoms with Crippen molar-refractivity contribution < 1.29 is 27.5 Å². The van der Waals surface area contributed by atoms with E-state index in [-0.39, 0.29) is 15.5 Å². The fourth-order valence-corrected chi connectivity index (χ4v) is 5.84. The van der Waals surface area contributed by atoms with Gasteiger partial charge in [-0.25, -0.2) is 22.8 Å². The van der Waals surface area contributed by atoms with Gasteiger partial charge in [-0.1, -0.05) is 54.6 Å². The van der Waals surface area contributed by atoms with E-state index in [1.54, 1.807) is 60.7 Å². The number of anilines is 4. The standard InChI is InChI=1S/C35H31N5O6S/c1-36-33(41)38-28-7-5-11-31(22-28)47(44,45)32-12-6-8-29(23-32)39-34(42)37-26-17-13-24(14-18-26)21-25-15-19-27(20-16-25)40-35(43)46-30-9-3-2-4-10-30/h2-20,22-23H,21H2,1H3,(H,40,43)(H2,36,38,41)(H2,37,39,42). The number of hydrogen-bond acceptors (Lipinski definition) is 6. The summed E-state index contributed by atoms with van der Waals surface area (Å²) >= 11 is 0. The molecular weight excluding hydrogens is 618 g/mol. The van der Waals surface area contributed by atoms with Gasteiger partial charge < -0.3 is 26.0 Å². The molecule has 11 nitrogen and oxygen atoms in total. The van der Waals surface area contributed by atoms with E-state index in [0.717, 1.165) is 11.1 Å². The number of nitrogens with one attached hydrogen (secondary N) is 5. The number of para-hydroxylation sites is 1. The van der Waals surface area contributed by atoms with Gasteiger partial charge in [-0.05, 0) is 90.3 Å². The molecular formula is C35H31N5O6S. The molecule has 12 heteroatoms. The molecule has 0 saturated carbocycles. The molecule has 0 radical (unpaired) electrons. The molecule has 0 spiro atoms. The smallest absolute Gasteiger partial charge is 0.410 e. The summed E-state index contributed by atoms with van der Waals surface area (Å²) in [5.41, 5.74) is 3.78. The average Bonchev–Trinajstić information content (AvgIpc) is 3.07. The summed E-state index contributed by atoms with van der Waals surface area (Å²) < 4.78 is 31.8. The van der Waals surface area contributed by atoms with Crippen molar-refractivity contribution in [3.05, 3.63) is 139 Å². The van der Waals surface area contributed by atoms with Gasteiger partial charge in [-0.15, -0.1) is 0 Å². The van der Waals surface area contributed by atoms with Gasteiger partial charge in [0.1, 0.15) is 5.75 Å². The van der Waals surface area contributed by atoms with E-state index in [0.29, 0.717) is 29.2 Å². The summed E-state index contributed by atoms with van der Waals surface area (Å²) in [5.74, 6) is 0.453. The second-order valence-corrected chi connectivity index (χ2v) is 12.2. The molecule has 5 amide bonds. The first-order valence-corrected chi connectivity index (χ1v) is 15.9. The van der Waals surface area contributed by atoms with Crippen molar-refractivity contribution in [2.75, 3.05) is 28.3 Å². The Bertz CT molecular complexity index is 1980. The first kappa shape index (κ1) is 32.3. The highest BCUT2D eigenvalue weighted by Gasteiger charge is 2.19. The number of ether oxygens (including phenoxy) is 1. The number of rotatable bonds is 9. The maximum absolute atomic E-state index is 13.3. The zero-order chi connectivity index (χ0) is 33.2. The van der Waals surface area contributed by atoms with E-state index >= 15 is 0 Å². The fraction of sp³-hybridized carbons (Fsp3) is 0.0571. The molecule has 5 N–H and O–H groups in total. The summed E-state index contributed by atoms with van der Waals surface area (Å²) in [4.78, 5) is 36.4. The van der Waals surface area contributed by atoms with E-state index in [1.165, 1.54) is 43.4 Å². The minimum Gasteiger partial charge on any atom is -0.410 e. The second-order valence-electron chi connectivity index (χ2n) is 10.2. The Hall–Kier alpha value is -6.14. The first-order chi connectivity index (χ1) is 22.7. The van der Waals surface area contributed by atoms with E-state index in [1.807, 2.05) is 30.3 Å². The summed E-state index contributed by atoms with van der Waals surface area (Å²) in [6.45, 7) is 0. The third kappa shape index (κ3) is 8.96. The van der Waals surface area contributed by atoms with Crippen LogP contribution in [0.5, 0.6) is 5.75 Å². The van der Waals surface area contributed by atoms with Gasteiger partial charge in [0, 0.05) is 29.8 Å². The van der Waals surface area contributed by atoms with Crippen molar-refractivity contribution >= 4 is 50.7 Å². The molecule has 238 valence electrons. The number of carbonyl (C=O) groups excluding carboxylic acids is 3. The van der Waals surface area contributed by atoms with Crippen LogP contribution in [0.4, 0.5) is 37.1 Å². The van der Waals surface area contributed by atoms with Gasteiger partial charge in [-0.3, -0.25) is 5.32 Å². The lowest BCUT2D eigenvalue weighted by molar-refractivity contribution is 0.215. The molecule has 0 aliphatic carbocycles. The topological polar surface area (TPSA) is 155 Å². The monoisotopic (exact) mass is 649 g/mol. The van der Waals surface area contributed by atoms with Crippen molar-refractivity contribution in [2.24, 2.45) is 0 Å². The predicted molar refractivity (Wildman–Crippen MR) is 181 cm³/mol. The van der Waals surface area contributed by atoms with E-state index in [9.17, 15) is 22.8 Å². The quantitative estimate of drug-likeness (QED) is 0.115. The Kier molecular flexibility index (Phi) is 10.1. The summed E-state index contributed by atoms with van der Waals surface area (Å²) in [7, 11) is -2.48. The van der Waals surface area contributed by atoms with Crippen molar-refractivity contribution in [3.8, 4) is 5.75 Å². The van der Waals surface area contributed by atoms with Crippen LogP contribution in [0.3, 0.4) is 0 Å². The fourth-order valence-electron chi connectivity index (χ4n) is 4.49. The van der Waals surface area contributed by atoms with Gasteiger partial charge in [0.2, 0.25) is 9.84 Å². The van der Waals surface area contributed by atoms with E-state index < -0.39 is 28.0 Å². The Labute approximate surface area is 271 Å². The molecule has 0 unspecified atom stereocenters. The number of sulfone groups is 1. The van der Waals surface area contributed by atoms with Crippen LogP contribution in [-0.2, 0) is 16.3 Å². The van der Waals surface area contributed by atoms with Crippen LogP contribution in [0, 0.1) is 0 Å². The first-order valence-electron chi connectivity index (χ1n) is 14.4. The van der Waals surface area contributed by atoms with Crippen molar-refractivity contribution in [3.63, 3.8) is 0 Å². The Balaban J connectivity index is 1.14. The van der Waals surface area contributed by atoms with E-state index in [2.05, 4.69) is 26.6 Å². The van der Waals surface area contributed by atoms with Crippen LogP contribution in [0.1, 0.15) is 11.1 Å². The summed E-state index contributed by atoms with van der Waals surface area (Å²) in [6.07, 6.45) is 0.0561. The molecule has 0 aliphatic rings.